The molecule has 0 heterocycles. The molecular weight excluding hydrogens is 226 g/mol. The van der Waals surface area contributed by atoms with E-state index in [1.165, 1.54) is 12.8 Å². The van der Waals surface area contributed by atoms with Gasteiger partial charge in [-0.25, -0.2) is 0 Å². The van der Waals surface area contributed by atoms with E-state index in [-0.39, 0.29) is 12.1 Å². The summed E-state index contributed by atoms with van der Waals surface area (Å²) >= 11 is 0. The van der Waals surface area contributed by atoms with Gasteiger partial charge in [0.15, 0.2) is 11.5 Å². The van der Waals surface area contributed by atoms with Gasteiger partial charge < -0.3 is 15.2 Å². The van der Waals surface area contributed by atoms with Crippen LogP contribution in [0, 0.1) is 0 Å². The Morgan fingerprint density at radius 2 is 1.89 bits per heavy atom. The van der Waals surface area contributed by atoms with Gasteiger partial charge in [-0.2, -0.15) is 0 Å². The first-order chi connectivity index (χ1) is 8.81. The molecule has 0 aliphatic heterocycles. The first-order valence-electron chi connectivity index (χ1n) is 6.95. The normalized spacial score (nSPS) is 23.7. The Hall–Kier alpha value is -1.22. The Kier molecular flexibility index (Phi) is 4.88. The standard InChI is InChI=1S/C15H23NO2/c1-2-11-17-14-9-5-6-10-15(14)18-13-8-4-3-7-12(13)16/h5-6,9-10,12-13H,2-4,7-8,11,16H2,1H3. The van der Waals surface area contributed by atoms with Crippen LogP contribution in [-0.4, -0.2) is 18.8 Å². The topological polar surface area (TPSA) is 44.5 Å². The third-order valence-electron chi connectivity index (χ3n) is 3.34. The van der Waals surface area contributed by atoms with Crippen LogP contribution < -0.4 is 15.2 Å². The summed E-state index contributed by atoms with van der Waals surface area (Å²) in [6.45, 7) is 2.82. The lowest BCUT2D eigenvalue weighted by Crippen LogP contribution is -2.41. The molecule has 0 spiro atoms. The summed E-state index contributed by atoms with van der Waals surface area (Å²) < 4.78 is 11.7. The molecule has 0 radical (unpaired) electrons. The summed E-state index contributed by atoms with van der Waals surface area (Å²) in [6, 6.07) is 8.02. The second-order valence-electron chi connectivity index (χ2n) is 4.90. The van der Waals surface area contributed by atoms with Gasteiger partial charge in [0.1, 0.15) is 6.10 Å². The number of para-hydroxylation sites is 2. The second kappa shape index (κ2) is 6.64. The first kappa shape index (κ1) is 13.2. The highest BCUT2D eigenvalue weighted by Crippen LogP contribution is 2.30. The van der Waals surface area contributed by atoms with Crippen molar-refractivity contribution in [3.8, 4) is 11.5 Å². The molecule has 0 aromatic heterocycles. The molecule has 1 aromatic carbocycles. The molecule has 0 bridgehead atoms. The fourth-order valence-electron chi connectivity index (χ4n) is 2.31. The van der Waals surface area contributed by atoms with Crippen molar-refractivity contribution in [2.75, 3.05) is 6.61 Å². The fraction of sp³-hybridized carbons (Fsp3) is 0.600. The molecule has 0 saturated heterocycles. The zero-order chi connectivity index (χ0) is 12.8. The van der Waals surface area contributed by atoms with Crippen molar-refractivity contribution in [3.05, 3.63) is 24.3 Å². The van der Waals surface area contributed by atoms with Gasteiger partial charge in [0.2, 0.25) is 0 Å². The van der Waals surface area contributed by atoms with Gasteiger partial charge in [-0.15, -0.1) is 0 Å². The minimum Gasteiger partial charge on any atom is -0.490 e. The molecule has 1 saturated carbocycles. The Bertz CT molecular complexity index is 367. The van der Waals surface area contributed by atoms with Crippen molar-refractivity contribution < 1.29 is 9.47 Å². The van der Waals surface area contributed by atoms with Gasteiger partial charge in [-0.3, -0.25) is 0 Å². The van der Waals surface area contributed by atoms with Crippen LogP contribution in [0.4, 0.5) is 0 Å². The molecule has 2 atom stereocenters. The lowest BCUT2D eigenvalue weighted by atomic mass is 9.93. The third-order valence-corrected chi connectivity index (χ3v) is 3.34. The van der Waals surface area contributed by atoms with Crippen LogP contribution in [0.5, 0.6) is 11.5 Å². The van der Waals surface area contributed by atoms with E-state index >= 15 is 0 Å². The molecule has 2 N–H and O–H groups in total. The fourth-order valence-corrected chi connectivity index (χ4v) is 2.31. The number of benzene rings is 1. The van der Waals surface area contributed by atoms with Crippen molar-refractivity contribution >= 4 is 0 Å². The molecule has 1 aliphatic rings. The van der Waals surface area contributed by atoms with Gasteiger partial charge in [-0.05, 0) is 37.8 Å². The van der Waals surface area contributed by atoms with E-state index < -0.39 is 0 Å². The highest BCUT2D eigenvalue weighted by molar-refractivity contribution is 5.39. The van der Waals surface area contributed by atoms with E-state index in [2.05, 4.69) is 6.92 Å². The Balaban J connectivity index is 2.03. The summed E-state index contributed by atoms with van der Waals surface area (Å²) in [4.78, 5) is 0. The maximum absolute atomic E-state index is 6.11. The van der Waals surface area contributed by atoms with Crippen LogP contribution in [0.2, 0.25) is 0 Å². The zero-order valence-corrected chi connectivity index (χ0v) is 11.1. The molecule has 1 aromatic rings. The maximum atomic E-state index is 6.11. The molecule has 0 amide bonds. The lowest BCUT2D eigenvalue weighted by molar-refractivity contribution is 0.126. The number of nitrogens with two attached hydrogens (primary N) is 1. The first-order valence-corrected chi connectivity index (χ1v) is 6.95. The van der Waals surface area contributed by atoms with Gasteiger partial charge >= 0.3 is 0 Å². The van der Waals surface area contributed by atoms with Crippen molar-refractivity contribution in [1.82, 2.24) is 0 Å². The molecule has 2 unspecified atom stereocenters. The van der Waals surface area contributed by atoms with E-state index in [4.69, 9.17) is 15.2 Å². The van der Waals surface area contributed by atoms with Gasteiger partial charge in [0.05, 0.1) is 6.61 Å². The monoisotopic (exact) mass is 249 g/mol. The highest BCUT2D eigenvalue weighted by atomic mass is 16.5. The van der Waals surface area contributed by atoms with Crippen molar-refractivity contribution in [2.24, 2.45) is 5.73 Å². The maximum Gasteiger partial charge on any atom is 0.161 e. The molecule has 3 nitrogen and oxygen atoms in total. The average Bonchev–Trinajstić information content (AvgIpc) is 2.40. The van der Waals surface area contributed by atoms with E-state index in [1.807, 2.05) is 24.3 Å². The van der Waals surface area contributed by atoms with Crippen LogP contribution in [0.15, 0.2) is 24.3 Å². The predicted molar refractivity (Wildman–Crippen MR) is 73.1 cm³/mol. The molecule has 1 fully saturated rings. The van der Waals surface area contributed by atoms with Gasteiger partial charge in [-0.1, -0.05) is 25.5 Å². The Labute approximate surface area is 109 Å². The second-order valence-corrected chi connectivity index (χ2v) is 4.90. The van der Waals surface area contributed by atoms with Crippen LogP contribution in [0.1, 0.15) is 39.0 Å². The smallest absolute Gasteiger partial charge is 0.161 e. The van der Waals surface area contributed by atoms with Crippen molar-refractivity contribution in [3.63, 3.8) is 0 Å². The van der Waals surface area contributed by atoms with E-state index in [0.717, 1.165) is 37.4 Å². The highest BCUT2D eigenvalue weighted by Gasteiger charge is 2.24. The molecule has 2 rings (SSSR count). The summed E-state index contributed by atoms with van der Waals surface area (Å²) in [5.41, 5.74) is 6.11. The number of hydrogen-bond donors (Lipinski definition) is 1. The Morgan fingerprint density at radius 1 is 1.17 bits per heavy atom. The third kappa shape index (κ3) is 3.39. The lowest BCUT2D eigenvalue weighted by Gasteiger charge is -2.29. The van der Waals surface area contributed by atoms with Crippen LogP contribution >= 0.6 is 0 Å². The van der Waals surface area contributed by atoms with Crippen molar-refractivity contribution in [1.29, 1.82) is 0 Å². The quantitative estimate of drug-likeness (QED) is 0.872. The Morgan fingerprint density at radius 3 is 2.61 bits per heavy atom. The molecular formula is C15H23NO2. The molecule has 100 valence electrons. The number of rotatable bonds is 5. The predicted octanol–water partition coefficient (Wildman–Crippen LogP) is 3.12. The van der Waals surface area contributed by atoms with Gasteiger partial charge in [0.25, 0.3) is 0 Å². The number of hydrogen-bond acceptors (Lipinski definition) is 3. The van der Waals surface area contributed by atoms with Crippen molar-refractivity contribution in [2.45, 2.75) is 51.2 Å². The summed E-state index contributed by atoms with van der Waals surface area (Å²) in [6.07, 6.45) is 5.65. The SMILES string of the molecule is CCCOc1ccccc1OC1CCCCC1N. The molecule has 1 aliphatic carbocycles. The minimum absolute atomic E-state index is 0.130. The summed E-state index contributed by atoms with van der Waals surface area (Å²) in [5, 5.41) is 0. The van der Waals surface area contributed by atoms with Crippen LogP contribution in [0.25, 0.3) is 0 Å². The van der Waals surface area contributed by atoms with Crippen LogP contribution in [-0.2, 0) is 0 Å². The summed E-state index contributed by atoms with van der Waals surface area (Å²) in [5.74, 6) is 1.66. The average molecular weight is 249 g/mol. The van der Waals surface area contributed by atoms with E-state index in [1.54, 1.807) is 0 Å². The molecule has 3 heteroatoms. The summed E-state index contributed by atoms with van der Waals surface area (Å²) in [7, 11) is 0. The van der Waals surface area contributed by atoms with Gasteiger partial charge in [0, 0.05) is 6.04 Å². The largest absolute Gasteiger partial charge is 0.490 e. The minimum atomic E-state index is 0.130. The van der Waals surface area contributed by atoms with E-state index in [9.17, 15) is 0 Å². The zero-order valence-electron chi connectivity index (χ0n) is 11.1. The van der Waals surface area contributed by atoms with E-state index in [0.29, 0.717) is 0 Å². The number of ether oxygens (including phenoxy) is 2. The van der Waals surface area contributed by atoms with Crippen LogP contribution in [0.3, 0.4) is 0 Å². The molecule has 18 heavy (non-hydrogen) atoms.